The summed E-state index contributed by atoms with van der Waals surface area (Å²) in [5.41, 5.74) is 2.79. The molecule has 122 valence electrons. The number of hydrogen-bond donors (Lipinski definition) is 1. The first kappa shape index (κ1) is 15.9. The van der Waals surface area contributed by atoms with Crippen LogP contribution in [-0.4, -0.2) is 21.7 Å². The van der Waals surface area contributed by atoms with Gasteiger partial charge in [0, 0.05) is 17.9 Å². The summed E-state index contributed by atoms with van der Waals surface area (Å²) in [5, 5.41) is 11.0. The molecule has 0 aliphatic rings. The first-order chi connectivity index (χ1) is 11.7. The molecule has 2 aromatic carbocycles. The molecule has 0 aliphatic heterocycles. The summed E-state index contributed by atoms with van der Waals surface area (Å²) in [7, 11) is 0. The van der Waals surface area contributed by atoms with Gasteiger partial charge in [-0.25, -0.2) is 4.39 Å². The summed E-state index contributed by atoms with van der Waals surface area (Å²) in [6, 6.07) is 14.3. The van der Waals surface area contributed by atoms with Gasteiger partial charge in [0.2, 0.25) is 5.95 Å². The van der Waals surface area contributed by atoms with Crippen molar-refractivity contribution in [2.75, 3.05) is 16.8 Å². The van der Waals surface area contributed by atoms with Crippen molar-refractivity contribution in [3.8, 4) is 0 Å². The van der Waals surface area contributed by atoms with E-state index >= 15 is 0 Å². The van der Waals surface area contributed by atoms with Crippen molar-refractivity contribution in [2.24, 2.45) is 0 Å². The van der Waals surface area contributed by atoms with Crippen LogP contribution in [0.4, 0.5) is 27.5 Å². The lowest BCUT2D eigenvalue weighted by Crippen LogP contribution is -2.18. The summed E-state index contributed by atoms with van der Waals surface area (Å²) in [5.74, 6) is 0.681. The molecule has 0 saturated heterocycles. The number of hydrogen-bond acceptors (Lipinski definition) is 5. The summed E-state index contributed by atoms with van der Waals surface area (Å²) in [4.78, 5) is 6.53. The number of anilines is 4. The molecule has 3 aromatic rings. The number of benzene rings is 2. The molecule has 0 amide bonds. The van der Waals surface area contributed by atoms with E-state index in [4.69, 9.17) is 0 Å². The number of nitrogens with one attached hydrogen (secondary N) is 1. The summed E-state index contributed by atoms with van der Waals surface area (Å²) in [6.45, 7) is 4.83. The summed E-state index contributed by atoms with van der Waals surface area (Å²) < 4.78 is 13.3. The van der Waals surface area contributed by atoms with Gasteiger partial charge in [-0.1, -0.05) is 18.2 Å². The van der Waals surface area contributed by atoms with E-state index in [9.17, 15) is 4.39 Å². The Morgan fingerprint density at radius 3 is 2.71 bits per heavy atom. The fourth-order valence-corrected chi connectivity index (χ4v) is 2.45. The molecule has 5 nitrogen and oxygen atoms in total. The molecule has 24 heavy (non-hydrogen) atoms. The number of aromatic nitrogens is 3. The Morgan fingerprint density at radius 1 is 1.12 bits per heavy atom. The Labute approximate surface area is 140 Å². The topological polar surface area (TPSA) is 53.9 Å². The minimum Gasteiger partial charge on any atom is -0.325 e. The molecule has 1 aromatic heterocycles. The van der Waals surface area contributed by atoms with Gasteiger partial charge in [-0.05, 0) is 49.7 Å². The maximum absolute atomic E-state index is 13.3. The van der Waals surface area contributed by atoms with Gasteiger partial charge in [-0.2, -0.15) is 10.1 Å². The quantitative estimate of drug-likeness (QED) is 0.762. The van der Waals surface area contributed by atoms with Crippen molar-refractivity contribution in [1.82, 2.24) is 15.2 Å². The third kappa shape index (κ3) is 3.65. The van der Waals surface area contributed by atoms with Gasteiger partial charge in [-0.3, -0.25) is 0 Å². The molecule has 0 bridgehead atoms. The minimum atomic E-state index is -0.320. The average Bonchev–Trinajstić information content (AvgIpc) is 2.56. The van der Waals surface area contributed by atoms with Gasteiger partial charge in [0.25, 0.3) is 0 Å². The molecule has 0 radical (unpaired) electrons. The summed E-state index contributed by atoms with van der Waals surface area (Å²) in [6.07, 6.45) is 1.61. The van der Waals surface area contributed by atoms with E-state index in [0.29, 0.717) is 17.5 Å². The Balaban J connectivity index is 1.88. The molecule has 0 atom stereocenters. The SMILES string of the molecule is CCN(c1cccc(C)c1)c1cnnc(Nc2cccc(F)c2)n1. The Bertz CT molecular complexity index is 837. The smallest absolute Gasteiger partial charge is 0.249 e. The van der Waals surface area contributed by atoms with Crippen molar-refractivity contribution in [1.29, 1.82) is 0 Å². The maximum atomic E-state index is 13.3. The Kier molecular flexibility index (Phi) is 4.65. The highest BCUT2D eigenvalue weighted by molar-refractivity contribution is 5.62. The van der Waals surface area contributed by atoms with Crippen molar-refractivity contribution >= 4 is 23.1 Å². The third-order valence-corrected chi connectivity index (χ3v) is 3.53. The lowest BCUT2D eigenvalue weighted by molar-refractivity contribution is 0.628. The molecule has 0 aliphatic carbocycles. The van der Waals surface area contributed by atoms with E-state index in [1.807, 2.05) is 36.9 Å². The number of halogens is 1. The molecular formula is C18H18FN5. The molecule has 1 N–H and O–H groups in total. The molecule has 3 rings (SSSR count). The third-order valence-electron chi connectivity index (χ3n) is 3.53. The van der Waals surface area contributed by atoms with Crippen LogP contribution >= 0.6 is 0 Å². The zero-order chi connectivity index (χ0) is 16.9. The number of aryl methyl sites for hydroxylation is 1. The van der Waals surface area contributed by atoms with E-state index in [2.05, 4.69) is 26.6 Å². The van der Waals surface area contributed by atoms with Gasteiger partial charge in [-0.15, -0.1) is 5.10 Å². The molecule has 0 unspecified atom stereocenters. The monoisotopic (exact) mass is 323 g/mol. The average molecular weight is 323 g/mol. The Hall–Kier alpha value is -3.02. The molecule has 1 heterocycles. The van der Waals surface area contributed by atoms with E-state index in [1.165, 1.54) is 17.7 Å². The van der Waals surface area contributed by atoms with Crippen LogP contribution in [0.1, 0.15) is 12.5 Å². The van der Waals surface area contributed by atoms with Gasteiger partial charge < -0.3 is 10.2 Å². The lowest BCUT2D eigenvalue weighted by Gasteiger charge is -2.22. The van der Waals surface area contributed by atoms with E-state index in [1.54, 1.807) is 18.3 Å². The summed E-state index contributed by atoms with van der Waals surface area (Å²) >= 11 is 0. The maximum Gasteiger partial charge on any atom is 0.249 e. The standard InChI is InChI=1S/C18H18FN5/c1-3-24(16-9-4-6-13(2)10-16)17-12-20-23-18(22-17)21-15-8-5-7-14(19)11-15/h4-12H,3H2,1-2H3,(H,21,22,23). The molecule has 0 spiro atoms. The second kappa shape index (κ2) is 7.04. The zero-order valence-corrected chi connectivity index (χ0v) is 13.6. The van der Waals surface area contributed by atoms with Crippen molar-refractivity contribution in [2.45, 2.75) is 13.8 Å². The van der Waals surface area contributed by atoms with Crippen molar-refractivity contribution in [3.63, 3.8) is 0 Å². The number of nitrogens with zero attached hydrogens (tertiary/aromatic N) is 4. The highest BCUT2D eigenvalue weighted by Crippen LogP contribution is 2.24. The van der Waals surface area contributed by atoms with Gasteiger partial charge in [0.15, 0.2) is 5.82 Å². The van der Waals surface area contributed by atoms with Crippen molar-refractivity contribution in [3.05, 3.63) is 66.1 Å². The Morgan fingerprint density at radius 2 is 1.96 bits per heavy atom. The van der Waals surface area contributed by atoms with E-state index in [0.717, 1.165) is 12.2 Å². The van der Waals surface area contributed by atoms with Gasteiger partial charge in [0.05, 0.1) is 6.20 Å². The fraction of sp³-hybridized carbons (Fsp3) is 0.167. The van der Waals surface area contributed by atoms with E-state index < -0.39 is 0 Å². The minimum absolute atomic E-state index is 0.320. The van der Waals surface area contributed by atoms with Crippen molar-refractivity contribution < 1.29 is 4.39 Å². The van der Waals surface area contributed by atoms with Gasteiger partial charge >= 0.3 is 0 Å². The molecular weight excluding hydrogens is 305 g/mol. The molecule has 0 fully saturated rings. The second-order valence-electron chi connectivity index (χ2n) is 5.36. The largest absolute Gasteiger partial charge is 0.325 e. The normalized spacial score (nSPS) is 10.5. The van der Waals surface area contributed by atoms with Crippen LogP contribution in [0.2, 0.25) is 0 Å². The fourth-order valence-electron chi connectivity index (χ4n) is 2.45. The predicted octanol–water partition coefficient (Wildman–Crippen LogP) is 4.22. The first-order valence-electron chi connectivity index (χ1n) is 7.72. The molecule has 0 saturated carbocycles. The van der Waals surface area contributed by atoms with Crippen LogP contribution in [0.25, 0.3) is 0 Å². The van der Waals surface area contributed by atoms with Crippen LogP contribution < -0.4 is 10.2 Å². The number of rotatable bonds is 5. The zero-order valence-electron chi connectivity index (χ0n) is 13.6. The lowest BCUT2D eigenvalue weighted by atomic mass is 10.2. The second-order valence-corrected chi connectivity index (χ2v) is 5.36. The highest BCUT2D eigenvalue weighted by atomic mass is 19.1. The van der Waals surface area contributed by atoms with Crippen LogP contribution in [0.5, 0.6) is 0 Å². The van der Waals surface area contributed by atoms with Gasteiger partial charge in [0.1, 0.15) is 5.82 Å². The van der Waals surface area contributed by atoms with Crippen LogP contribution in [0.15, 0.2) is 54.7 Å². The predicted molar refractivity (Wildman–Crippen MR) is 93.4 cm³/mol. The van der Waals surface area contributed by atoms with E-state index in [-0.39, 0.29) is 5.82 Å². The highest BCUT2D eigenvalue weighted by Gasteiger charge is 2.11. The first-order valence-corrected chi connectivity index (χ1v) is 7.72. The molecule has 6 heteroatoms. The van der Waals surface area contributed by atoms with Crippen LogP contribution in [0.3, 0.4) is 0 Å². The van der Waals surface area contributed by atoms with Crippen LogP contribution in [-0.2, 0) is 0 Å². The van der Waals surface area contributed by atoms with Crippen LogP contribution in [0, 0.1) is 12.7 Å².